The second-order valence-electron chi connectivity index (χ2n) is 4.52. The van der Waals surface area contributed by atoms with E-state index in [4.69, 9.17) is 5.11 Å². The molecule has 0 aromatic rings. The molecule has 148 valence electrons. The summed E-state index contributed by atoms with van der Waals surface area (Å²) in [7, 11) is 0. The molecule has 0 aromatic heterocycles. The number of esters is 1. The fourth-order valence-electron chi connectivity index (χ4n) is 1.23. The molecule has 4 nitrogen and oxygen atoms in total. The number of hydrogen-bond donors (Lipinski definition) is 2. The van der Waals surface area contributed by atoms with Gasteiger partial charge < -0.3 is 9.84 Å². The number of rotatable bonds is 8. The van der Waals surface area contributed by atoms with Crippen molar-refractivity contribution in [3.63, 3.8) is 0 Å². The van der Waals surface area contributed by atoms with Gasteiger partial charge in [-0.15, -0.1) is 0 Å². The Bertz CT molecular complexity index is 506. The van der Waals surface area contributed by atoms with Crippen molar-refractivity contribution in [2.75, 3.05) is 0 Å². The predicted octanol–water partition coefficient (Wildman–Crippen LogP) is 3.46. The summed E-state index contributed by atoms with van der Waals surface area (Å²) in [6.45, 7) is 0. The Balaban J connectivity index is 5.18. The lowest BCUT2D eigenvalue weighted by Crippen LogP contribution is -2.61. The molecule has 0 rings (SSSR count). The number of thiol groups is 1. The van der Waals surface area contributed by atoms with Gasteiger partial charge in [0.15, 0.2) is 0 Å². The van der Waals surface area contributed by atoms with Gasteiger partial charge in [-0.3, -0.25) is 9.59 Å². The molecule has 25 heavy (non-hydrogen) atoms. The number of carbonyl (C=O) groups is 2. The predicted molar refractivity (Wildman–Crippen MR) is 61.5 cm³/mol. The summed E-state index contributed by atoms with van der Waals surface area (Å²) in [4.78, 5) is 21.2. The molecule has 0 amide bonds. The maximum atomic E-state index is 13.1. The highest BCUT2D eigenvalue weighted by molar-refractivity contribution is 7.81. The van der Waals surface area contributed by atoms with E-state index < -0.39 is 60.3 Å². The van der Waals surface area contributed by atoms with Gasteiger partial charge in [-0.05, 0) is 0 Å². The van der Waals surface area contributed by atoms with Crippen LogP contribution in [0.15, 0.2) is 0 Å². The molecule has 0 fully saturated rings. The van der Waals surface area contributed by atoms with Gasteiger partial charge in [-0.25, -0.2) is 4.39 Å². The van der Waals surface area contributed by atoms with Gasteiger partial charge in [0.05, 0.1) is 12.8 Å². The zero-order valence-corrected chi connectivity index (χ0v) is 12.4. The maximum absolute atomic E-state index is 13.1. The molecule has 2 atom stereocenters. The van der Waals surface area contributed by atoms with Crippen molar-refractivity contribution in [1.29, 1.82) is 0 Å². The number of carboxylic acids is 1. The molecule has 0 saturated heterocycles. The normalized spacial score (nSPS) is 16.3. The van der Waals surface area contributed by atoms with Crippen LogP contribution < -0.4 is 0 Å². The number of aliphatic carboxylic acids is 1. The molecule has 2 unspecified atom stereocenters. The topological polar surface area (TPSA) is 63.6 Å². The van der Waals surface area contributed by atoms with E-state index in [2.05, 4.69) is 17.4 Å². The third kappa shape index (κ3) is 5.28. The highest BCUT2D eigenvalue weighted by atomic mass is 32.1. The second-order valence-corrected chi connectivity index (χ2v) is 5.14. The standard InChI is InChI=1S/C10H8F10O4S/c11-4(24-6(23)3(25)1-5(21)22)2-7(12,13)8(14,15)9(16,17)10(18,19)20/h3-4,25H,1-2H2,(H,21,22). The van der Waals surface area contributed by atoms with Gasteiger partial charge in [0.1, 0.15) is 5.25 Å². The summed E-state index contributed by atoms with van der Waals surface area (Å²) >= 11 is 3.26. The zero-order chi connectivity index (χ0) is 20.4. The Hall–Kier alpha value is -1.41. The molecule has 0 radical (unpaired) electrons. The van der Waals surface area contributed by atoms with E-state index in [1.165, 1.54) is 0 Å². The largest absolute Gasteiger partial charge is 0.481 e. The monoisotopic (exact) mass is 414 g/mol. The van der Waals surface area contributed by atoms with Gasteiger partial charge in [0.25, 0.3) is 0 Å². The molecule has 0 saturated carbocycles. The summed E-state index contributed by atoms with van der Waals surface area (Å²) < 4.78 is 129. The van der Waals surface area contributed by atoms with Crippen LogP contribution in [0.1, 0.15) is 12.8 Å². The molecular formula is C10H8F10O4S. The number of ether oxygens (including phenoxy) is 1. The lowest BCUT2D eigenvalue weighted by atomic mass is 10.0. The van der Waals surface area contributed by atoms with Crippen LogP contribution in [-0.2, 0) is 14.3 Å². The van der Waals surface area contributed by atoms with Gasteiger partial charge in [-0.2, -0.15) is 52.1 Å². The summed E-state index contributed by atoms with van der Waals surface area (Å²) in [5.74, 6) is -24.1. The summed E-state index contributed by atoms with van der Waals surface area (Å²) in [5, 5.41) is 6.34. The number of carboxylic acid groups (broad SMARTS) is 1. The summed E-state index contributed by atoms with van der Waals surface area (Å²) in [6.07, 6.45) is -14.9. The average Bonchev–Trinajstić information content (AvgIpc) is 2.34. The fraction of sp³-hybridized carbons (Fsp3) is 0.800. The molecular weight excluding hydrogens is 406 g/mol. The molecule has 0 aliphatic heterocycles. The Morgan fingerprint density at radius 1 is 0.960 bits per heavy atom. The highest BCUT2D eigenvalue weighted by Gasteiger charge is 2.81. The van der Waals surface area contributed by atoms with Crippen LogP contribution in [0.4, 0.5) is 43.9 Å². The average molecular weight is 414 g/mol. The first kappa shape index (κ1) is 23.6. The van der Waals surface area contributed by atoms with Crippen molar-refractivity contribution in [3.05, 3.63) is 0 Å². The molecule has 0 bridgehead atoms. The molecule has 0 aliphatic carbocycles. The van der Waals surface area contributed by atoms with Crippen LogP contribution in [0, 0.1) is 0 Å². The van der Waals surface area contributed by atoms with Crippen LogP contribution in [0.5, 0.6) is 0 Å². The van der Waals surface area contributed by atoms with Gasteiger partial charge in [0, 0.05) is 0 Å². The Labute approximate surface area is 137 Å². The SMILES string of the molecule is O=C(O)CC(S)C(=O)OC(F)CC(F)(F)C(F)(F)C(F)(F)C(F)(F)F. The third-order valence-corrected chi connectivity index (χ3v) is 2.90. The van der Waals surface area contributed by atoms with E-state index in [-0.39, 0.29) is 0 Å². The maximum Gasteiger partial charge on any atom is 0.460 e. The Morgan fingerprint density at radius 2 is 1.40 bits per heavy atom. The van der Waals surface area contributed by atoms with E-state index in [0.29, 0.717) is 0 Å². The van der Waals surface area contributed by atoms with Gasteiger partial charge in [-0.1, -0.05) is 0 Å². The minimum absolute atomic E-state index is 1.10. The molecule has 0 heterocycles. The van der Waals surface area contributed by atoms with Crippen molar-refractivity contribution < 1.29 is 63.3 Å². The van der Waals surface area contributed by atoms with Crippen LogP contribution >= 0.6 is 12.6 Å². The smallest absolute Gasteiger partial charge is 0.460 e. The molecule has 0 aliphatic rings. The number of alkyl halides is 10. The molecule has 0 aromatic carbocycles. The minimum atomic E-state index is -7.21. The molecule has 1 N–H and O–H groups in total. The Morgan fingerprint density at radius 3 is 1.76 bits per heavy atom. The highest BCUT2D eigenvalue weighted by Crippen LogP contribution is 2.54. The van der Waals surface area contributed by atoms with Crippen molar-refractivity contribution >= 4 is 24.6 Å². The van der Waals surface area contributed by atoms with Crippen molar-refractivity contribution in [1.82, 2.24) is 0 Å². The summed E-state index contributed by atoms with van der Waals surface area (Å²) in [6, 6.07) is 0. The number of hydrogen-bond acceptors (Lipinski definition) is 4. The molecule has 15 heteroatoms. The van der Waals surface area contributed by atoms with Crippen molar-refractivity contribution in [2.45, 2.75) is 48.4 Å². The van der Waals surface area contributed by atoms with Crippen LogP contribution in [0.3, 0.4) is 0 Å². The fourth-order valence-corrected chi connectivity index (χ4v) is 1.45. The van der Waals surface area contributed by atoms with E-state index in [0.717, 1.165) is 0 Å². The van der Waals surface area contributed by atoms with Crippen molar-refractivity contribution in [3.8, 4) is 0 Å². The lowest BCUT2D eigenvalue weighted by molar-refractivity contribution is -0.399. The first-order valence-electron chi connectivity index (χ1n) is 5.81. The van der Waals surface area contributed by atoms with Crippen LogP contribution in [-0.4, -0.2) is 52.6 Å². The first-order valence-corrected chi connectivity index (χ1v) is 6.33. The first-order chi connectivity index (χ1) is 10.9. The van der Waals surface area contributed by atoms with E-state index in [1.807, 2.05) is 0 Å². The van der Waals surface area contributed by atoms with E-state index in [9.17, 15) is 53.5 Å². The van der Waals surface area contributed by atoms with Gasteiger partial charge in [0.2, 0.25) is 6.36 Å². The van der Waals surface area contributed by atoms with Crippen molar-refractivity contribution in [2.24, 2.45) is 0 Å². The van der Waals surface area contributed by atoms with Gasteiger partial charge >= 0.3 is 35.9 Å². The summed E-state index contributed by atoms with van der Waals surface area (Å²) in [5.41, 5.74) is 0. The lowest BCUT2D eigenvalue weighted by Gasteiger charge is -2.34. The minimum Gasteiger partial charge on any atom is -0.481 e. The molecule has 0 spiro atoms. The Kier molecular flexibility index (Phi) is 7.03. The van der Waals surface area contributed by atoms with E-state index in [1.54, 1.807) is 0 Å². The number of carbonyl (C=O) groups excluding carboxylic acids is 1. The zero-order valence-electron chi connectivity index (χ0n) is 11.5. The van der Waals surface area contributed by atoms with Crippen LogP contribution in [0.25, 0.3) is 0 Å². The second kappa shape index (κ2) is 7.45. The number of halogens is 10. The third-order valence-electron chi connectivity index (χ3n) is 2.51. The quantitative estimate of drug-likeness (QED) is 0.363. The van der Waals surface area contributed by atoms with Crippen LogP contribution in [0.2, 0.25) is 0 Å². The van der Waals surface area contributed by atoms with E-state index >= 15 is 0 Å².